The van der Waals surface area contributed by atoms with Gasteiger partial charge in [-0.05, 0) is 31.0 Å². The summed E-state index contributed by atoms with van der Waals surface area (Å²) in [6, 6.07) is 15.1. The van der Waals surface area contributed by atoms with Crippen LogP contribution in [-0.4, -0.2) is 21.7 Å². The molecular formula is C19H18ClN3OS2. The lowest BCUT2D eigenvalue weighted by atomic mass is 10.1. The van der Waals surface area contributed by atoms with Gasteiger partial charge in [-0.3, -0.25) is 4.79 Å². The SMILES string of the molecule is Cc1c(Cl)cccc1Nc1nnc(SCCCC(=O)c2ccccc2)s1. The Kier molecular flexibility index (Phi) is 6.66. The highest BCUT2D eigenvalue weighted by molar-refractivity contribution is 8.01. The minimum atomic E-state index is 0.183. The smallest absolute Gasteiger partial charge is 0.210 e. The largest absolute Gasteiger partial charge is 0.330 e. The van der Waals surface area contributed by atoms with Crippen LogP contribution in [0.3, 0.4) is 0 Å². The molecular weight excluding hydrogens is 386 g/mol. The molecule has 1 N–H and O–H groups in total. The maximum atomic E-state index is 12.1. The van der Waals surface area contributed by atoms with Crippen molar-refractivity contribution in [2.24, 2.45) is 0 Å². The van der Waals surface area contributed by atoms with E-state index < -0.39 is 0 Å². The van der Waals surface area contributed by atoms with Gasteiger partial charge in [0, 0.05) is 28.4 Å². The summed E-state index contributed by atoms with van der Waals surface area (Å²) in [6.07, 6.45) is 1.36. The number of halogens is 1. The molecule has 0 atom stereocenters. The fraction of sp³-hybridized carbons (Fsp3) is 0.211. The predicted molar refractivity (Wildman–Crippen MR) is 110 cm³/mol. The van der Waals surface area contributed by atoms with Gasteiger partial charge in [-0.1, -0.05) is 71.1 Å². The zero-order valence-electron chi connectivity index (χ0n) is 14.2. The van der Waals surface area contributed by atoms with Gasteiger partial charge in [-0.2, -0.15) is 0 Å². The predicted octanol–water partition coefficient (Wildman–Crippen LogP) is 6.00. The third-order valence-electron chi connectivity index (χ3n) is 3.79. The van der Waals surface area contributed by atoms with Crippen LogP contribution in [0, 0.1) is 6.92 Å². The summed E-state index contributed by atoms with van der Waals surface area (Å²) in [6.45, 7) is 1.96. The van der Waals surface area contributed by atoms with E-state index in [1.54, 1.807) is 11.8 Å². The summed E-state index contributed by atoms with van der Waals surface area (Å²) >= 11 is 9.26. The molecule has 0 unspecified atom stereocenters. The number of benzene rings is 2. The molecule has 1 aromatic heterocycles. The molecule has 0 amide bonds. The Bertz CT molecular complexity index is 884. The third kappa shape index (κ3) is 5.06. The first-order chi connectivity index (χ1) is 12.6. The lowest BCUT2D eigenvalue weighted by Crippen LogP contribution is -1.98. The van der Waals surface area contributed by atoms with Gasteiger partial charge in [0.05, 0.1) is 0 Å². The van der Waals surface area contributed by atoms with E-state index in [2.05, 4.69) is 15.5 Å². The van der Waals surface area contributed by atoms with Crippen LogP contribution in [0.1, 0.15) is 28.8 Å². The van der Waals surface area contributed by atoms with Gasteiger partial charge in [0.2, 0.25) is 5.13 Å². The Balaban J connectivity index is 1.47. The minimum Gasteiger partial charge on any atom is -0.330 e. The van der Waals surface area contributed by atoms with Gasteiger partial charge in [-0.15, -0.1) is 10.2 Å². The Hall–Kier alpha value is -1.89. The number of Topliss-reactive ketones (excluding diaryl/α,β-unsaturated/α-hetero) is 1. The molecule has 3 rings (SSSR count). The number of ketones is 1. The van der Waals surface area contributed by atoms with E-state index in [1.165, 1.54) is 11.3 Å². The number of rotatable bonds is 8. The highest BCUT2D eigenvalue weighted by Gasteiger charge is 2.09. The second-order valence-corrected chi connectivity index (χ2v) is 8.38. The van der Waals surface area contributed by atoms with Crippen molar-refractivity contribution in [2.45, 2.75) is 24.1 Å². The number of aromatic nitrogens is 2. The molecule has 0 saturated carbocycles. The standard InChI is InChI=1S/C19H18ClN3OS2/c1-13-15(20)9-5-10-16(13)21-18-22-23-19(26-18)25-12-6-11-17(24)14-7-3-2-4-8-14/h2-5,7-10H,6,11-12H2,1H3,(H,21,22). The van der Waals surface area contributed by atoms with Gasteiger partial charge in [0.1, 0.15) is 0 Å². The van der Waals surface area contributed by atoms with Crippen LogP contribution >= 0.6 is 34.7 Å². The first-order valence-electron chi connectivity index (χ1n) is 8.20. The average molecular weight is 404 g/mol. The van der Waals surface area contributed by atoms with E-state index in [-0.39, 0.29) is 5.78 Å². The van der Waals surface area contributed by atoms with Gasteiger partial charge in [0.25, 0.3) is 0 Å². The lowest BCUT2D eigenvalue weighted by molar-refractivity contribution is 0.0982. The van der Waals surface area contributed by atoms with Crippen molar-refractivity contribution in [2.75, 3.05) is 11.1 Å². The number of hydrogen-bond acceptors (Lipinski definition) is 6. The number of thioether (sulfide) groups is 1. The molecule has 26 heavy (non-hydrogen) atoms. The molecule has 0 saturated heterocycles. The van der Waals surface area contributed by atoms with Gasteiger partial charge in [-0.25, -0.2) is 0 Å². The van der Waals surface area contributed by atoms with Crippen molar-refractivity contribution in [3.05, 3.63) is 64.7 Å². The fourth-order valence-electron chi connectivity index (χ4n) is 2.34. The summed E-state index contributed by atoms with van der Waals surface area (Å²) in [5, 5.41) is 13.1. The molecule has 3 aromatic rings. The molecule has 4 nitrogen and oxygen atoms in total. The quantitative estimate of drug-likeness (QED) is 0.284. The Labute approximate surface area is 166 Å². The molecule has 1 heterocycles. The topological polar surface area (TPSA) is 54.9 Å². The van der Waals surface area contributed by atoms with Crippen LogP contribution in [0.5, 0.6) is 0 Å². The molecule has 0 bridgehead atoms. The molecule has 0 aliphatic carbocycles. The van der Waals surface area contributed by atoms with Gasteiger partial charge in [0.15, 0.2) is 10.1 Å². The second-order valence-electron chi connectivity index (χ2n) is 5.65. The zero-order valence-corrected chi connectivity index (χ0v) is 16.6. The van der Waals surface area contributed by atoms with Crippen LogP contribution in [0.15, 0.2) is 52.9 Å². The van der Waals surface area contributed by atoms with Crippen LogP contribution in [0.2, 0.25) is 5.02 Å². The van der Waals surface area contributed by atoms with Crippen molar-refractivity contribution >= 4 is 51.3 Å². The fourth-order valence-corrected chi connectivity index (χ4v) is 4.29. The van der Waals surface area contributed by atoms with E-state index in [0.717, 1.165) is 43.5 Å². The molecule has 0 radical (unpaired) electrons. The van der Waals surface area contributed by atoms with E-state index >= 15 is 0 Å². The molecule has 0 spiro atoms. The molecule has 7 heteroatoms. The molecule has 0 fully saturated rings. The van der Waals surface area contributed by atoms with Crippen LogP contribution in [-0.2, 0) is 0 Å². The number of carbonyl (C=O) groups excluding carboxylic acids is 1. The Morgan fingerprint density at radius 2 is 1.96 bits per heavy atom. The van der Waals surface area contributed by atoms with Crippen LogP contribution in [0.25, 0.3) is 0 Å². The van der Waals surface area contributed by atoms with E-state index in [9.17, 15) is 4.79 Å². The van der Waals surface area contributed by atoms with Gasteiger partial charge < -0.3 is 5.32 Å². The van der Waals surface area contributed by atoms with E-state index in [0.29, 0.717) is 6.42 Å². The number of carbonyl (C=O) groups is 1. The lowest BCUT2D eigenvalue weighted by Gasteiger charge is -2.06. The number of nitrogens with one attached hydrogen (secondary N) is 1. The van der Waals surface area contributed by atoms with Crippen molar-refractivity contribution in [3.8, 4) is 0 Å². The van der Waals surface area contributed by atoms with Gasteiger partial charge >= 0.3 is 0 Å². The maximum Gasteiger partial charge on any atom is 0.210 e. The van der Waals surface area contributed by atoms with Crippen molar-refractivity contribution in [3.63, 3.8) is 0 Å². The average Bonchev–Trinajstić information content (AvgIpc) is 3.10. The Morgan fingerprint density at radius 3 is 2.77 bits per heavy atom. The summed E-state index contributed by atoms with van der Waals surface area (Å²) in [5.41, 5.74) is 2.69. The van der Waals surface area contributed by atoms with Crippen molar-refractivity contribution in [1.29, 1.82) is 0 Å². The van der Waals surface area contributed by atoms with Crippen LogP contribution in [0.4, 0.5) is 10.8 Å². The summed E-state index contributed by atoms with van der Waals surface area (Å²) in [4.78, 5) is 12.1. The van der Waals surface area contributed by atoms with Crippen molar-refractivity contribution in [1.82, 2.24) is 10.2 Å². The van der Waals surface area contributed by atoms with E-state index in [4.69, 9.17) is 11.6 Å². The Morgan fingerprint density at radius 1 is 1.15 bits per heavy atom. The molecule has 134 valence electrons. The first-order valence-corrected chi connectivity index (χ1v) is 10.4. The zero-order chi connectivity index (χ0) is 18.4. The van der Waals surface area contributed by atoms with E-state index in [1.807, 2.05) is 55.5 Å². The molecule has 0 aliphatic rings. The summed E-state index contributed by atoms with van der Waals surface area (Å²) in [7, 11) is 0. The van der Waals surface area contributed by atoms with Crippen molar-refractivity contribution < 1.29 is 4.79 Å². The summed E-state index contributed by atoms with van der Waals surface area (Å²) in [5.74, 6) is 1.02. The third-order valence-corrected chi connectivity index (χ3v) is 6.25. The normalized spacial score (nSPS) is 10.7. The maximum absolute atomic E-state index is 12.1. The number of hydrogen-bond donors (Lipinski definition) is 1. The molecule has 0 aliphatic heterocycles. The summed E-state index contributed by atoms with van der Waals surface area (Å²) < 4.78 is 0.888. The second kappa shape index (κ2) is 9.16. The number of anilines is 2. The van der Waals surface area contributed by atoms with Crippen LogP contribution < -0.4 is 5.32 Å². The first kappa shape index (κ1) is 18.9. The highest BCUT2D eigenvalue weighted by Crippen LogP contribution is 2.31. The monoisotopic (exact) mass is 403 g/mol. The molecule has 2 aromatic carbocycles. The highest BCUT2D eigenvalue weighted by atomic mass is 35.5. The number of nitrogens with zero attached hydrogens (tertiary/aromatic N) is 2. The minimum absolute atomic E-state index is 0.183.